The summed E-state index contributed by atoms with van der Waals surface area (Å²) in [5.41, 5.74) is 4.44. The highest BCUT2D eigenvalue weighted by molar-refractivity contribution is 6.30. The van der Waals surface area contributed by atoms with E-state index in [0.29, 0.717) is 22.2 Å². The Labute approximate surface area is 168 Å². The molecular formula is C22H19ClN4O. The van der Waals surface area contributed by atoms with Crippen molar-refractivity contribution in [2.24, 2.45) is 0 Å². The van der Waals surface area contributed by atoms with Crippen LogP contribution in [-0.4, -0.2) is 20.7 Å². The molecule has 5 nitrogen and oxygen atoms in total. The van der Waals surface area contributed by atoms with Crippen molar-refractivity contribution in [1.82, 2.24) is 14.8 Å². The number of carbonyl (C=O) groups excluding carboxylic acids is 1. The van der Waals surface area contributed by atoms with E-state index in [1.807, 2.05) is 38.1 Å². The summed E-state index contributed by atoms with van der Waals surface area (Å²) in [6.07, 6.45) is 0. The Morgan fingerprint density at radius 1 is 1.00 bits per heavy atom. The van der Waals surface area contributed by atoms with Crippen molar-refractivity contribution < 1.29 is 4.79 Å². The Morgan fingerprint density at radius 2 is 1.75 bits per heavy atom. The van der Waals surface area contributed by atoms with E-state index in [1.165, 1.54) is 0 Å². The average molecular weight is 391 g/mol. The van der Waals surface area contributed by atoms with Crippen LogP contribution in [0.4, 0.5) is 5.82 Å². The molecule has 2 aromatic heterocycles. The third-order valence-corrected chi connectivity index (χ3v) is 4.88. The lowest BCUT2D eigenvalue weighted by atomic mass is 10.1. The normalized spacial score (nSPS) is 11.0. The summed E-state index contributed by atoms with van der Waals surface area (Å²) in [5, 5.41) is 9.16. The molecule has 0 aliphatic carbocycles. The van der Waals surface area contributed by atoms with Crippen LogP contribution < -0.4 is 5.32 Å². The molecule has 0 radical (unpaired) electrons. The molecule has 4 aromatic rings. The molecule has 4 rings (SSSR count). The van der Waals surface area contributed by atoms with Gasteiger partial charge in [-0.3, -0.25) is 4.79 Å². The highest BCUT2D eigenvalue weighted by atomic mass is 35.5. The summed E-state index contributed by atoms with van der Waals surface area (Å²) < 4.78 is 1.67. The van der Waals surface area contributed by atoms with Crippen LogP contribution in [0.15, 0.2) is 54.6 Å². The molecule has 0 saturated heterocycles. The van der Waals surface area contributed by atoms with Crippen LogP contribution in [0.25, 0.3) is 16.7 Å². The standard InChI is InChI=1S/C22H19ClN4O/c1-13-5-4-6-18-14(2)11-19(24-21(13)18)27-20(12-15(3)26-27)25-22(28)16-7-9-17(23)10-8-16/h4-12H,1-3H3,(H,25,28). The number of nitrogens with one attached hydrogen (secondary N) is 1. The molecule has 0 saturated carbocycles. The molecule has 0 aliphatic heterocycles. The smallest absolute Gasteiger partial charge is 0.256 e. The van der Waals surface area contributed by atoms with Gasteiger partial charge in [0.15, 0.2) is 5.82 Å². The molecular weight excluding hydrogens is 372 g/mol. The Kier molecular flexibility index (Phi) is 4.61. The number of amides is 1. The average Bonchev–Trinajstić information content (AvgIpc) is 3.03. The summed E-state index contributed by atoms with van der Waals surface area (Å²) >= 11 is 5.91. The lowest BCUT2D eigenvalue weighted by molar-refractivity contribution is 0.102. The van der Waals surface area contributed by atoms with Gasteiger partial charge in [-0.25, -0.2) is 4.98 Å². The van der Waals surface area contributed by atoms with Gasteiger partial charge in [-0.15, -0.1) is 0 Å². The van der Waals surface area contributed by atoms with Crippen LogP contribution in [0.5, 0.6) is 0 Å². The lowest BCUT2D eigenvalue weighted by Gasteiger charge is -2.12. The molecule has 2 aromatic carbocycles. The fourth-order valence-corrected chi connectivity index (χ4v) is 3.33. The predicted molar refractivity (Wildman–Crippen MR) is 112 cm³/mol. The Morgan fingerprint density at radius 3 is 2.50 bits per heavy atom. The maximum absolute atomic E-state index is 12.6. The van der Waals surface area contributed by atoms with Gasteiger partial charge in [-0.2, -0.15) is 9.78 Å². The summed E-state index contributed by atoms with van der Waals surface area (Å²) in [4.78, 5) is 17.4. The Bertz CT molecular complexity index is 1200. The van der Waals surface area contributed by atoms with Gasteiger partial charge >= 0.3 is 0 Å². The SMILES string of the molecule is Cc1cc(NC(=O)c2ccc(Cl)cc2)n(-c2cc(C)c3cccc(C)c3n2)n1. The van der Waals surface area contributed by atoms with Crippen LogP contribution in [0.3, 0.4) is 0 Å². The van der Waals surface area contributed by atoms with Crippen molar-refractivity contribution in [3.05, 3.63) is 82.0 Å². The predicted octanol–water partition coefficient (Wildman–Crippen LogP) is 5.25. The molecule has 28 heavy (non-hydrogen) atoms. The van der Waals surface area contributed by atoms with Crippen LogP contribution in [-0.2, 0) is 0 Å². The van der Waals surface area contributed by atoms with E-state index in [4.69, 9.17) is 16.6 Å². The summed E-state index contributed by atoms with van der Waals surface area (Å²) in [7, 11) is 0. The fourth-order valence-electron chi connectivity index (χ4n) is 3.21. The second kappa shape index (κ2) is 7.09. The molecule has 0 bridgehead atoms. The third-order valence-electron chi connectivity index (χ3n) is 4.63. The van der Waals surface area contributed by atoms with Crippen molar-refractivity contribution in [1.29, 1.82) is 0 Å². The molecule has 0 aliphatic rings. The molecule has 0 atom stereocenters. The number of carbonyl (C=O) groups is 1. The number of pyridine rings is 1. The van der Waals surface area contributed by atoms with Crippen LogP contribution in [0.1, 0.15) is 27.2 Å². The Hall–Kier alpha value is -3.18. The highest BCUT2D eigenvalue weighted by Crippen LogP contribution is 2.24. The van der Waals surface area contributed by atoms with Crippen molar-refractivity contribution in [3.8, 4) is 5.82 Å². The summed E-state index contributed by atoms with van der Waals surface area (Å²) in [5.74, 6) is 1.00. The van der Waals surface area contributed by atoms with Crippen molar-refractivity contribution in [2.45, 2.75) is 20.8 Å². The number of benzene rings is 2. The zero-order chi connectivity index (χ0) is 19.8. The van der Waals surface area contributed by atoms with Gasteiger partial charge in [0.05, 0.1) is 11.2 Å². The lowest BCUT2D eigenvalue weighted by Crippen LogP contribution is -2.15. The fraction of sp³-hybridized carbons (Fsp3) is 0.136. The number of anilines is 1. The maximum atomic E-state index is 12.6. The van der Waals surface area contributed by atoms with Gasteiger partial charge in [-0.05, 0) is 62.2 Å². The van der Waals surface area contributed by atoms with E-state index >= 15 is 0 Å². The maximum Gasteiger partial charge on any atom is 0.256 e. The topological polar surface area (TPSA) is 59.8 Å². The molecule has 1 amide bonds. The van der Waals surface area contributed by atoms with Gasteiger partial charge in [0.2, 0.25) is 0 Å². The first kappa shape index (κ1) is 18.2. The summed E-state index contributed by atoms with van der Waals surface area (Å²) in [6.45, 7) is 5.97. The van der Waals surface area contributed by atoms with Crippen molar-refractivity contribution in [2.75, 3.05) is 5.32 Å². The zero-order valence-corrected chi connectivity index (χ0v) is 16.6. The monoisotopic (exact) mass is 390 g/mol. The van der Waals surface area contributed by atoms with E-state index in [9.17, 15) is 4.79 Å². The highest BCUT2D eigenvalue weighted by Gasteiger charge is 2.15. The summed E-state index contributed by atoms with van der Waals surface area (Å²) in [6, 6.07) is 16.7. The van der Waals surface area contributed by atoms with Crippen LogP contribution >= 0.6 is 11.6 Å². The third kappa shape index (κ3) is 3.37. The number of fused-ring (bicyclic) bond motifs is 1. The number of para-hydroxylation sites is 1. The van der Waals surface area contributed by atoms with Crippen molar-refractivity contribution >= 4 is 34.2 Å². The Balaban J connectivity index is 1.76. The minimum Gasteiger partial charge on any atom is -0.306 e. The molecule has 0 unspecified atom stereocenters. The van der Waals surface area contributed by atoms with E-state index in [0.717, 1.165) is 27.7 Å². The number of hydrogen-bond acceptors (Lipinski definition) is 3. The second-order valence-electron chi connectivity index (χ2n) is 6.81. The van der Waals surface area contributed by atoms with Gasteiger partial charge < -0.3 is 5.32 Å². The minimum absolute atomic E-state index is 0.230. The number of aryl methyl sites for hydroxylation is 3. The van der Waals surface area contributed by atoms with Crippen molar-refractivity contribution in [3.63, 3.8) is 0 Å². The zero-order valence-electron chi connectivity index (χ0n) is 15.8. The van der Waals surface area contributed by atoms with Gasteiger partial charge in [-0.1, -0.05) is 29.8 Å². The largest absolute Gasteiger partial charge is 0.306 e. The number of aromatic nitrogens is 3. The number of hydrogen-bond donors (Lipinski definition) is 1. The number of halogens is 1. The van der Waals surface area contributed by atoms with Gasteiger partial charge in [0.1, 0.15) is 5.82 Å². The quantitative estimate of drug-likeness (QED) is 0.519. The molecule has 1 N–H and O–H groups in total. The second-order valence-corrected chi connectivity index (χ2v) is 7.25. The number of nitrogens with zero attached hydrogens (tertiary/aromatic N) is 3. The van der Waals surface area contributed by atoms with Crippen LogP contribution in [0.2, 0.25) is 5.02 Å². The molecule has 6 heteroatoms. The first-order valence-corrected chi connectivity index (χ1v) is 9.31. The van der Waals surface area contributed by atoms with E-state index in [1.54, 1.807) is 28.9 Å². The first-order valence-electron chi connectivity index (χ1n) is 8.93. The van der Waals surface area contributed by atoms with Gasteiger partial charge in [0, 0.05) is 22.0 Å². The van der Waals surface area contributed by atoms with Gasteiger partial charge in [0.25, 0.3) is 5.91 Å². The minimum atomic E-state index is -0.230. The van der Waals surface area contributed by atoms with E-state index in [2.05, 4.69) is 23.4 Å². The molecule has 140 valence electrons. The number of rotatable bonds is 3. The molecule has 0 spiro atoms. The molecule has 2 heterocycles. The van der Waals surface area contributed by atoms with Crippen LogP contribution in [0, 0.1) is 20.8 Å². The first-order chi connectivity index (χ1) is 13.4. The van der Waals surface area contributed by atoms with E-state index < -0.39 is 0 Å². The molecule has 0 fully saturated rings. The van der Waals surface area contributed by atoms with E-state index in [-0.39, 0.29) is 5.91 Å².